The average molecular weight is 332 g/mol. The van der Waals surface area contributed by atoms with Gasteiger partial charge in [-0.25, -0.2) is 8.78 Å². The molecule has 1 aromatic rings. The van der Waals surface area contributed by atoms with Crippen molar-refractivity contribution in [2.24, 2.45) is 5.92 Å². The van der Waals surface area contributed by atoms with Gasteiger partial charge in [-0.3, -0.25) is 0 Å². The van der Waals surface area contributed by atoms with E-state index in [4.69, 9.17) is 0 Å². The second-order valence-electron chi connectivity index (χ2n) is 5.37. The molecule has 1 saturated carbocycles. The summed E-state index contributed by atoms with van der Waals surface area (Å²) in [6.45, 7) is 2.22. The first-order valence-corrected chi connectivity index (χ1v) is 7.80. The van der Waals surface area contributed by atoms with Crippen LogP contribution in [0, 0.1) is 17.6 Å². The van der Waals surface area contributed by atoms with Gasteiger partial charge >= 0.3 is 0 Å². The van der Waals surface area contributed by atoms with Crippen LogP contribution in [0.4, 0.5) is 14.5 Å². The summed E-state index contributed by atoms with van der Waals surface area (Å²) in [5.41, 5.74) is 0.278. The Morgan fingerprint density at radius 3 is 2.68 bits per heavy atom. The molecule has 0 aromatic heterocycles. The maximum atomic E-state index is 13.8. The third kappa shape index (κ3) is 3.91. The topological polar surface area (TPSA) is 12.0 Å². The molecule has 0 spiro atoms. The zero-order valence-corrected chi connectivity index (χ0v) is 12.8. The molecular formula is C15H20BrF2N. The Hall–Kier alpha value is -0.640. The number of anilines is 1. The highest BCUT2D eigenvalue weighted by molar-refractivity contribution is 9.10. The van der Waals surface area contributed by atoms with Gasteiger partial charge in [-0.05, 0) is 47.2 Å². The molecule has 1 nitrogen and oxygen atoms in total. The van der Waals surface area contributed by atoms with Crippen LogP contribution in [0.2, 0.25) is 0 Å². The third-order valence-electron chi connectivity index (χ3n) is 4.04. The summed E-state index contributed by atoms with van der Waals surface area (Å²) in [6.07, 6.45) is 6.88. The summed E-state index contributed by atoms with van der Waals surface area (Å²) in [5.74, 6) is -0.0354. The largest absolute Gasteiger partial charge is 0.380 e. The zero-order chi connectivity index (χ0) is 13.8. The van der Waals surface area contributed by atoms with Crippen LogP contribution in [0.1, 0.15) is 45.4 Å². The van der Waals surface area contributed by atoms with Gasteiger partial charge in [-0.15, -0.1) is 0 Å². The lowest BCUT2D eigenvalue weighted by molar-refractivity contribution is 0.444. The first kappa shape index (κ1) is 14.8. The maximum Gasteiger partial charge on any atom is 0.147 e. The van der Waals surface area contributed by atoms with E-state index >= 15 is 0 Å². The number of halogens is 3. The molecular weight excluding hydrogens is 312 g/mol. The predicted molar refractivity (Wildman–Crippen MR) is 78.3 cm³/mol. The van der Waals surface area contributed by atoms with Crippen molar-refractivity contribution in [1.82, 2.24) is 0 Å². The van der Waals surface area contributed by atoms with Crippen LogP contribution in [0.3, 0.4) is 0 Å². The SMILES string of the molecule is CCC1CCCC(Nc2cc(F)c(Br)cc2F)CC1. The predicted octanol–water partition coefficient (Wildman–Crippen LogP) is 5.50. The van der Waals surface area contributed by atoms with Crippen molar-refractivity contribution in [2.75, 3.05) is 5.32 Å². The molecule has 19 heavy (non-hydrogen) atoms. The van der Waals surface area contributed by atoms with Gasteiger partial charge in [-0.2, -0.15) is 0 Å². The number of hydrogen-bond donors (Lipinski definition) is 1. The molecule has 0 saturated heterocycles. The van der Waals surface area contributed by atoms with E-state index in [1.54, 1.807) is 0 Å². The Morgan fingerprint density at radius 2 is 1.95 bits per heavy atom. The Morgan fingerprint density at radius 1 is 1.16 bits per heavy atom. The highest BCUT2D eigenvalue weighted by Crippen LogP contribution is 2.29. The Kier molecular flexibility index (Phi) is 5.20. The van der Waals surface area contributed by atoms with Gasteiger partial charge in [0.25, 0.3) is 0 Å². The molecule has 1 fully saturated rings. The summed E-state index contributed by atoms with van der Waals surface area (Å²) < 4.78 is 27.4. The molecule has 2 rings (SSSR count). The monoisotopic (exact) mass is 331 g/mol. The van der Waals surface area contributed by atoms with E-state index in [0.717, 1.165) is 25.2 Å². The first-order valence-electron chi connectivity index (χ1n) is 7.01. The second-order valence-corrected chi connectivity index (χ2v) is 6.22. The van der Waals surface area contributed by atoms with E-state index < -0.39 is 11.6 Å². The van der Waals surface area contributed by atoms with Crippen molar-refractivity contribution in [3.05, 3.63) is 28.2 Å². The van der Waals surface area contributed by atoms with E-state index in [9.17, 15) is 8.78 Å². The first-order chi connectivity index (χ1) is 9.10. The molecule has 2 atom stereocenters. The fourth-order valence-electron chi connectivity index (χ4n) is 2.78. The van der Waals surface area contributed by atoms with Gasteiger partial charge in [0.05, 0.1) is 10.2 Å². The molecule has 0 radical (unpaired) electrons. The highest BCUT2D eigenvalue weighted by Gasteiger charge is 2.19. The lowest BCUT2D eigenvalue weighted by Gasteiger charge is -2.18. The molecule has 106 valence electrons. The van der Waals surface area contributed by atoms with Gasteiger partial charge in [-0.1, -0.05) is 26.2 Å². The Balaban J connectivity index is 2.03. The normalized spacial score (nSPS) is 24.0. The fourth-order valence-corrected chi connectivity index (χ4v) is 3.10. The summed E-state index contributed by atoms with van der Waals surface area (Å²) in [5, 5.41) is 3.17. The average Bonchev–Trinajstić information content (AvgIpc) is 2.61. The molecule has 4 heteroatoms. The Bertz CT molecular complexity index is 436. The van der Waals surface area contributed by atoms with Crippen LogP contribution in [0.25, 0.3) is 0 Å². The summed E-state index contributed by atoms with van der Waals surface area (Å²) in [6, 6.07) is 2.68. The van der Waals surface area contributed by atoms with Crippen molar-refractivity contribution in [3.8, 4) is 0 Å². The molecule has 0 bridgehead atoms. The van der Waals surface area contributed by atoms with Crippen LogP contribution < -0.4 is 5.32 Å². The maximum absolute atomic E-state index is 13.8. The number of nitrogens with one attached hydrogen (secondary N) is 1. The van der Waals surface area contributed by atoms with Crippen LogP contribution in [-0.4, -0.2) is 6.04 Å². The van der Waals surface area contributed by atoms with Crippen LogP contribution in [0.15, 0.2) is 16.6 Å². The molecule has 1 aromatic carbocycles. The van der Waals surface area contributed by atoms with Crippen molar-refractivity contribution >= 4 is 21.6 Å². The van der Waals surface area contributed by atoms with Gasteiger partial charge in [0.2, 0.25) is 0 Å². The zero-order valence-electron chi connectivity index (χ0n) is 11.2. The lowest BCUT2D eigenvalue weighted by Crippen LogP contribution is -2.19. The Labute approximate surface area is 121 Å². The van der Waals surface area contributed by atoms with E-state index in [2.05, 4.69) is 28.2 Å². The summed E-state index contributed by atoms with van der Waals surface area (Å²) in [4.78, 5) is 0. The molecule has 1 N–H and O–H groups in total. The van der Waals surface area contributed by atoms with E-state index in [-0.39, 0.29) is 16.2 Å². The molecule has 0 heterocycles. The van der Waals surface area contributed by atoms with Crippen molar-refractivity contribution in [1.29, 1.82) is 0 Å². The van der Waals surface area contributed by atoms with Gasteiger partial charge in [0.1, 0.15) is 11.6 Å². The van der Waals surface area contributed by atoms with Gasteiger partial charge in [0, 0.05) is 12.1 Å². The van der Waals surface area contributed by atoms with E-state index in [1.807, 2.05) is 0 Å². The summed E-state index contributed by atoms with van der Waals surface area (Å²) >= 11 is 2.99. The molecule has 1 aliphatic rings. The van der Waals surface area contributed by atoms with E-state index in [0.29, 0.717) is 0 Å². The smallest absolute Gasteiger partial charge is 0.147 e. The van der Waals surface area contributed by atoms with Crippen molar-refractivity contribution in [2.45, 2.75) is 51.5 Å². The quantitative estimate of drug-likeness (QED) is 0.569. The highest BCUT2D eigenvalue weighted by atomic mass is 79.9. The molecule has 2 unspecified atom stereocenters. The van der Waals surface area contributed by atoms with Crippen LogP contribution in [-0.2, 0) is 0 Å². The minimum atomic E-state index is -0.427. The second kappa shape index (κ2) is 6.69. The van der Waals surface area contributed by atoms with Crippen LogP contribution in [0.5, 0.6) is 0 Å². The van der Waals surface area contributed by atoms with Gasteiger partial charge < -0.3 is 5.32 Å². The van der Waals surface area contributed by atoms with Crippen LogP contribution >= 0.6 is 15.9 Å². The standard InChI is InChI=1S/C15H20BrF2N/c1-2-10-4-3-5-11(7-6-10)19-15-9-13(17)12(16)8-14(15)18/h8-11,19H,2-7H2,1H3. The number of benzene rings is 1. The molecule has 0 aliphatic heterocycles. The van der Waals surface area contributed by atoms with E-state index in [1.165, 1.54) is 31.4 Å². The minimum Gasteiger partial charge on any atom is -0.380 e. The minimum absolute atomic E-state index is 0.169. The third-order valence-corrected chi connectivity index (χ3v) is 4.64. The lowest BCUT2D eigenvalue weighted by atomic mass is 9.98. The van der Waals surface area contributed by atoms with Gasteiger partial charge in [0.15, 0.2) is 0 Å². The fraction of sp³-hybridized carbons (Fsp3) is 0.600. The number of hydrogen-bond acceptors (Lipinski definition) is 1. The molecule has 0 amide bonds. The number of rotatable bonds is 3. The summed E-state index contributed by atoms with van der Waals surface area (Å²) in [7, 11) is 0. The molecule has 1 aliphatic carbocycles. The van der Waals surface area contributed by atoms with Crippen molar-refractivity contribution < 1.29 is 8.78 Å². The van der Waals surface area contributed by atoms with Crippen molar-refractivity contribution in [3.63, 3.8) is 0 Å².